The summed E-state index contributed by atoms with van der Waals surface area (Å²) in [5.41, 5.74) is 14.7. The summed E-state index contributed by atoms with van der Waals surface area (Å²) in [7, 11) is 0. The van der Waals surface area contributed by atoms with E-state index in [1.807, 2.05) is 0 Å². The minimum Gasteiger partial charge on any atom is -0.309 e. The predicted octanol–water partition coefficient (Wildman–Crippen LogP) is 11.8. The van der Waals surface area contributed by atoms with Gasteiger partial charge in [-0.1, -0.05) is 121 Å². The van der Waals surface area contributed by atoms with Crippen molar-refractivity contribution >= 4 is 43.6 Å². The predicted molar refractivity (Wildman–Crippen MR) is 194 cm³/mol. The zero-order valence-corrected chi connectivity index (χ0v) is 25.1. The van der Waals surface area contributed by atoms with Crippen molar-refractivity contribution in [2.75, 3.05) is 0 Å². The molecule has 0 atom stereocenters. The monoisotopic (exact) mass is 584 g/mol. The summed E-state index contributed by atoms with van der Waals surface area (Å²) in [4.78, 5) is 0. The Morgan fingerprint density at radius 1 is 0.283 bits per heavy atom. The number of hydrogen-bond donors (Lipinski definition) is 0. The van der Waals surface area contributed by atoms with Crippen LogP contribution in [0.4, 0.5) is 0 Å². The third-order valence-corrected chi connectivity index (χ3v) is 9.64. The highest BCUT2D eigenvalue weighted by atomic mass is 15.0. The van der Waals surface area contributed by atoms with Gasteiger partial charge in [0.2, 0.25) is 0 Å². The Balaban J connectivity index is 1.35. The fourth-order valence-corrected chi connectivity index (χ4v) is 7.68. The Labute approximate surface area is 266 Å². The molecule has 0 amide bonds. The molecular formula is C44H28N2. The summed E-state index contributed by atoms with van der Waals surface area (Å²) in [5, 5.41) is 5.09. The van der Waals surface area contributed by atoms with Crippen molar-refractivity contribution < 1.29 is 0 Å². The smallest absolute Gasteiger partial charge is 0.0548 e. The molecule has 2 heterocycles. The van der Waals surface area contributed by atoms with Crippen LogP contribution in [-0.2, 0) is 0 Å². The number of pyridine rings is 2. The van der Waals surface area contributed by atoms with Crippen LogP contribution < -0.4 is 0 Å². The zero-order valence-electron chi connectivity index (χ0n) is 25.1. The molecule has 214 valence electrons. The first-order valence-corrected chi connectivity index (χ1v) is 15.9. The van der Waals surface area contributed by atoms with Crippen LogP contribution in [0.15, 0.2) is 170 Å². The van der Waals surface area contributed by atoms with E-state index in [1.54, 1.807) is 0 Å². The molecule has 0 unspecified atom stereocenters. The highest BCUT2D eigenvalue weighted by Gasteiger charge is 2.26. The number of hydrogen-bond acceptors (Lipinski definition) is 0. The van der Waals surface area contributed by atoms with E-state index in [1.165, 1.54) is 77.0 Å². The van der Waals surface area contributed by atoms with Gasteiger partial charge in [-0.2, -0.15) is 0 Å². The quantitative estimate of drug-likeness (QED) is 0.144. The van der Waals surface area contributed by atoms with Gasteiger partial charge in [0.25, 0.3) is 0 Å². The topological polar surface area (TPSA) is 9.86 Å². The molecule has 0 aromatic heterocycles. The lowest BCUT2D eigenvalue weighted by Gasteiger charge is -2.29. The second-order valence-corrected chi connectivity index (χ2v) is 12.2. The molecule has 0 fully saturated rings. The van der Waals surface area contributed by atoms with Gasteiger partial charge in [0.15, 0.2) is 0 Å². The van der Waals surface area contributed by atoms with Gasteiger partial charge in [-0.25, -0.2) is 0 Å². The van der Waals surface area contributed by atoms with Crippen LogP contribution in [0.5, 0.6) is 0 Å². The van der Waals surface area contributed by atoms with Crippen molar-refractivity contribution in [3.63, 3.8) is 0 Å². The van der Waals surface area contributed by atoms with Gasteiger partial charge in [-0.15, -0.1) is 0 Å². The fraction of sp³-hybridized carbons (Fsp3) is 0. The van der Waals surface area contributed by atoms with E-state index in [-0.39, 0.29) is 0 Å². The molecule has 2 aliphatic heterocycles. The molecule has 46 heavy (non-hydrogen) atoms. The molecule has 0 saturated carbocycles. The second kappa shape index (κ2) is 9.69. The van der Waals surface area contributed by atoms with Crippen molar-refractivity contribution in [1.29, 1.82) is 0 Å². The standard InChI is InChI=1S/C44H28N2/c1-3-11-29(12-4-1)33-17-7-19-35(27-33)45-37-21-9-15-31-24-26-40-44(41(31)37)43-39(45)25-23-32-16-10-22-38(42(32)43)46(40)36-20-8-18-34(28-36)30-13-5-2-6-14-30/h1-28H. The Hall–Kier alpha value is -6.12. The maximum atomic E-state index is 2.47. The summed E-state index contributed by atoms with van der Waals surface area (Å²) in [5.74, 6) is 0. The summed E-state index contributed by atoms with van der Waals surface area (Å²) >= 11 is 0. The van der Waals surface area contributed by atoms with E-state index in [2.05, 4.69) is 179 Å². The lowest BCUT2D eigenvalue weighted by Crippen LogP contribution is -2.10. The summed E-state index contributed by atoms with van der Waals surface area (Å²) < 4.78 is 4.95. The normalized spacial score (nSPS) is 11.9. The Morgan fingerprint density at radius 2 is 0.696 bits per heavy atom. The molecule has 0 bridgehead atoms. The molecule has 0 aliphatic carbocycles. The van der Waals surface area contributed by atoms with E-state index in [4.69, 9.17) is 0 Å². The van der Waals surface area contributed by atoms with Crippen LogP contribution in [0.25, 0.3) is 88.4 Å². The average Bonchev–Trinajstić information content (AvgIpc) is 3.13. The molecule has 2 heteroatoms. The lowest BCUT2D eigenvalue weighted by atomic mass is 9.87. The Kier molecular flexibility index (Phi) is 5.31. The molecule has 0 radical (unpaired) electrons. The molecule has 0 saturated heterocycles. The maximum absolute atomic E-state index is 2.47. The van der Waals surface area contributed by atoms with E-state index in [0.717, 1.165) is 11.4 Å². The molecule has 2 aliphatic rings. The molecule has 0 spiro atoms. The van der Waals surface area contributed by atoms with E-state index in [0.29, 0.717) is 0 Å². The lowest BCUT2D eigenvalue weighted by molar-refractivity contribution is 1.14. The van der Waals surface area contributed by atoms with E-state index >= 15 is 0 Å². The van der Waals surface area contributed by atoms with Crippen LogP contribution in [0.1, 0.15) is 0 Å². The van der Waals surface area contributed by atoms with Gasteiger partial charge in [-0.3, -0.25) is 0 Å². The maximum Gasteiger partial charge on any atom is 0.0548 e. The van der Waals surface area contributed by atoms with Crippen LogP contribution in [0.2, 0.25) is 0 Å². The number of benzene rings is 8. The Morgan fingerprint density at radius 3 is 1.15 bits per heavy atom. The van der Waals surface area contributed by atoms with Gasteiger partial charge in [0.1, 0.15) is 0 Å². The van der Waals surface area contributed by atoms with Crippen LogP contribution in [0, 0.1) is 0 Å². The van der Waals surface area contributed by atoms with Crippen molar-refractivity contribution in [2.45, 2.75) is 0 Å². The van der Waals surface area contributed by atoms with Crippen LogP contribution in [0.3, 0.4) is 0 Å². The van der Waals surface area contributed by atoms with Gasteiger partial charge in [-0.05, 0) is 81.6 Å². The Bertz CT molecular complexity index is 2490. The van der Waals surface area contributed by atoms with Crippen molar-refractivity contribution in [3.8, 4) is 44.8 Å². The van der Waals surface area contributed by atoms with E-state index < -0.39 is 0 Å². The van der Waals surface area contributed by atoms with Crippen LogP contribution in [-0.4, -0.2) is 9.13 Å². The first-order valence-electron chi connectivity index (χ1n) is 15.9. The van der Waals surface area contributed by atoms with Crippen molar-refractivity contribution in [3.05, 3.63) is 170 Å². The largest absolute Gasteiger partial charge is 0.309 e. The first kappa shape index (κ1) is 25.2. The highest BCUT2D eigenvalue weighted by Crippen LogP contribution is 2.49. The second-order valence-electron chi connectivity index (χ2n) is 12.2. The number of nitrogens with zero attached hydrogens (tertiary/aromatic N) is 2. The number of aromatic nitrogens is 2. The molecule has 8 aromatic carbocycles. The van der Waals surface area contributed by atoms with Gasteiger partial charge < -0.3 is 9.13 Å². The molecule has 0 N–H and O–H groups in total. The van der Waals surface area contributed by atoms with Gasteiger partial charge in [0, 0.05) is 33.3 Å². The SMILES string of the molecule is c1ccc(-c2cccc(-n3c4ccc5cccc6c5c4-c4c5c(cccc53)ccc4n6-c3cccc(-c4ccccc4)c3)c2)cc1. The fourth-order valence-electron chi connectivity index (χ4n) is 7.68. The number of rotatable bonds is 4. The first-order chi connectivity index (χ1) is 22.8. The highest BCUT2D eigenvalue weighted by molar-refractivity contribution is 6.26. The third kappa shape index (κ3) is 3.59. The van der Waals surface area contributed by atoms with Crippen LogP contribution >= 0.6 is 0 Å². The molecule has 10 rings (SSSR count). The molecule has 8 aromatic rings. The minimum absolute atomic E-state index is 1.16. The van der Waals surface area contributed by atoms with Crippen molar-refractivity contribution in [1.82, 2.24) is 9.13 Å². The van der Waals surface area contributed by atoms with E-state index in [9.17, 15) is 0 Å². The minimum atomic E-state index is 1.16. The van der Waals surface area contributed by atoms with Gasteiger partial charge in [0.05, 0.1) is 22.1 Å². The van der Waals surface area contributed by atoms with Crippen molar-refractivity contribution in [2.24, 2.45) is 0 Å². The third-order valence-electron chi connectivity index (χ3n) is 9.64. The average molecular weight is 585 g/mol. The summed E-state index contributed by atoms with van der Waals surface area (Å²) in [6.07, 6.45) is 0. The molecular weight excluding hydrogens is 556 g/mol. The summed E-state index contributed by atoms with van der Waals surface area (Å²) in [6.45, 7) is 0. The zero-order chi connectivity index (χ0) is 30.2. The van der Waals surface area contributed by atoms with Gasteiger partial charge >= 0.3 is 0 Å². The summed E-state index contributed by atoms with van der Waals surface area (Å²) in [6, 6.07) is 61.9. The molecule has 2 nitrogen and oxygen atoms in total.